The van der Waals surface area contributed by atoms with Crippen molar-refractivity contribution < 1.29 is 28.8 Å². The lowest BCUT2D eigenvalue weighted by Crippen LogP contribution is -2.64. The molecule has 3 unspecified atom stereocenters. The third kappa shape index (κ3) is 8.33. The Balaban J connectivity index is 1.21. The molecule has 1 aromatic heterocycles. The van der Waals surface area contributed by atoms with E-state index in [0.717, 1.165) is 83.5 Å². The van der Waals surface area contributed by atoms with Crippen molar-refractivity contribution in [1.82, 2.24) is 36.1 Å². The van der Waals surface area contributed by atoms with Gasteiger partial charge in [0.05, 0.1) is 12.2 Å². The lowest BCUT2D eigenvalue weighted by Gasteiger charge is -2.46. The molecule has 52 heavy (non-hydrogen) atoms. The minimum Gasteiger partial charge on any atom is -0.347 e. The molecule has 5 aliphatic rings. The van der Waals surface area contributed by atoms with E-state index >= 15 is 0 Å². The van der Waals surface area contributed by atoms with E-state index in [1.54, 1.807) is 4.90 Å². The summed E-state index contributed by atoms with van der Waals surface area (Å²) in [7, 11) is 0. The molecule has 1 aliphatic heterocycles. The fourth-order valence-corrected chi connectivity index (χ4v) is 9.28. The summed E-state index contributed by atoms with van der Waals surface area (Å²) in [5.74, 6) is -2.62. The topological polar surface area (TPSA) is 180 Å². The number of nitrogens with one attached hydrogen (secondary N) is 4. The number of rotatable bonds is 15. The zero-order valence-electron chi connectivity index (χ0n) is 31.0. The highest BCUT2D eigenvalue weighted by molar-refractivity contribution is 6.38. The Hall–Kier alpha value is -3.90. The van der Waals surface area contributed by atoms with Crippen molar-refractivity contribution in [2.75, 3.05) is 6.54 Å². The zero-order chi connectivity index (χ0) is 37.0. The molecular weight excluding hydrogens is 662 g/mol. The van der Waals surface area contributed by atoms with E-state index < -0.39 is 59.0 Å². The standard InChI is InChI=1S/C39H57N7O6/c1-4-10-28(32(47)37(51)42-23(2)24-15-16-24)43-36(50)31-27-14-8-13-26(27)22-46(31)38(52)33(39(3)17-9-18-39)45-35(49)30(25-11-6-5-7-12-25)44-34(48)29-21-40-19-20-41-29/h19-21,23-28,30-31,33H,4-18,22H2,1-3H3,(H,42,51)(H,43,50)(H,44,48)(H,45,49)/t23?,26?,27?,28-,30-,31-,33+/m0/s1. The molecule has 0 radical (unpaired) electrons. The van der Waals surface area contributed by atoms with E-state index in [2.05, 4.69) is 31.2 Å². The van der Waals surface area contributed by atoms with Crippen LogP contribution in [-0.4, -0.2) is 86.9 Å². The summed E-state index contributed by atoms with van der Waals surface area (Å²) in [6, 6.07) is -3.66. The first-order chi connectivity index (χ1) is 25.0. The predicted octanol–water partition coefficient (Wildman–Crippen LogP) is 3.23. The molecule has 4 aliphatic carbocycles. The summed E-state index contributed by atoms with van der Waals surface area (Å²) in [6.45, 7) is 6.21. The van der Waals surface area contributed by atoms with E-state index in [1.807, 2.05) is 20.8 Å². The number of carbonyl (C=O) groups excluding carboxylic acids is 6. The van der Waals surface area contributed by atoms with E-state index in [0.29, 0.717) is 25.3 Å². The smallest absolute Gasteiger partial charge is 0.289 e. The molecule has 1 aromatic rings. The van der Waals surface area contributed by atoms with Crippen LogP contribution in [0.15, 0.2) is 18.6 Å². The van der Waals surface area contributed by atoms with Gasteiger partial charge in [-0.1, -0.05) is 52.4 Å². The average molecular weight is 720 g/mol. The highest BCUT2D eigenvalue weighted by Crippen LogP contribution is 2.47. The van der Waals surface area contributed by atoms with Crippen LogP contribution in [0.4, 0.5) is 0 Å². The minimum atomic E-state index is -0.991. The van der Waals surface area contributed by atoms with Crippen LogP contribution >= 0.6 is 0 Å². The first-order valence-corrected chi connectivity index (χ1v) is 19.8. The van der Waals surface area contributed by atoms with Gasteiger partial charge in [0.15, 0.2) is 0 Å². The SMILES string of the molecule is CCC[C@H](NC(=O)[C@@H]1C2CCCC2CN1C(=O)[C@@H](NC(=O)[C@@H](NC(=O)c1cnccn1)C1CCCCC1)C1(C)CCC1)C(=O)C(=O)NC(C)C1CC1. The van der Waals surface area contributed by atoms with Gasteiger partial charge in [0.1, 0.15) is 23.8 Å². The van der Waals surface area contributed by atoms with Crippen LogP contribution in [0.2, 0.25) is 0 Å². The van der Waals surface area contributed by atoms with Crippen LogP contribution < -0.4 is 21.3 Å². The molecule has 7 atom stereocenters. The van der Waals surface area contributed by atoms with Crippen LogP contribution in [-0.2, 0) is 24.0 Å². The molecule has 0 aromatic carbocycles. The van der Waals surface area contributed by atoms with Crippen molar-refractivity contribution in [2.24, 2.45) is 29.1 Å². The molecule has 0 spiro atoms. The van der Waals surface area contributed by atoms with E-state index in [1.165, 1.54) is 18.6 Å². The van der Waals surface area contributed by atoms with Gasteiger partial charge in [-0.05, 0) is 93.8 Å². The Kier molecular flexibility index (Phi) is 11.9. The number of Topliss-reactive ketones (excluding diaryl/α,β-unsaturated/α-hetero) is 1. The van der Waals surface area contributed by atoms with Crippen molar-refractivity contribution >= 4 is 35.3 Å². The Bertz CT molecular complexity index is 1490. The maximum absolute atomic E-state index is 14.8. The Morgan fingerprint density at radius 2 is 1.62 bits per heavy atom. The highest BCUT2D eigenvalue weighted by atomic mass is 16.2. The monoisotopic (exact) mass is 719 g/mol. The van der Waals surface area contributed by atoms with E-state index in [-0.39, 0.29) is 35.4 Å². The maximum atomic E-state index is 14.8. The number of amides is 5. The molecule has 2 heterocycles. The Morgan fingerprint density at radius 1 is 0.865 bits per heavy atom. The van der Waals surface area contributed by atoms with Gasteiger partial charge in [0.25, 0.3) is 11.8 Å². The van der Waals surface area contributed by atoms with Gasteiger partial charge in [0, 0.05) is 25.0 Å². The number of carbonyl (C=O) groups is 6. The van der Waals surface area contributed by atoms with Crippen LogP contribution in [0.5, 0.6) is 0 Å². The lowest BCUT2D eigenvalue weighted by atomic mass is 9.65. The molecule has 13 heteroatoms. The van der Waals surface area contributed by atoms with Gasteiger partial charge >= 0.3 is 0 Å². The first-order valence-electron chi connectivity index (χ1n) is 19.8. The van der Waals surface area contributed by atoms with Gasteiger partial charge in [0.2, 0.25) is 23.5 Å². The zero-order valence-corrected chi connectivity index (χ0v) is 31.0. The van der Waals surface area contributed by atoms with Crippen molar-refractivity contribution in [2.45, 2.75) is 147 Å². The fourth-order valence-electron chi connectivity index (χ4n) is 9.28. The summed E-state index contributed by atoms with van der Waals surface area (Å²) in [5.41, 5.74) is -0.406. The third-order valence-corrected chi connectivity index (χ3v) is 12.8. The number of aromatic nitrogens is 2. The average Bonchev–Trinajstić information content (AvgIpc) is 3.79. The molecule has 4 saturated carbocycles. The van der Waals surface area contributed by atoms with Crippen LogP contribution in [0.1, 0.15) is 128 Å². The quantitative estimate of drug-likeness (QED) is 0.200. The van der Waals surface area contributed by atoms with E-state index in [9.17, 15) is 28.8 Å². The van der Waals surface area contributed by atoms with Crippen molar-refractivity contribution in [3.63, 3.8) is 0 Å². The summed E-state index contributed by atoms with van der Waals surface area (Å²) >= 11 is 0. The molecule has 4 N–H and O–H groups in total. The van der Waals surface area contributed by atoms with E-state index in [4.69, 9.17) is 0 Å². The summed E-state index contributed by atoms with van der Waals surface area (Å²) < 4.78 is 0. The normalized spacial score (nSPS) is 26.1. The van der Waals surface area contributed by atoms with Crippen LogP contribution in [0.3, 0.4) is 0 Å². The van der Waals surface area contributed by atoms with Crippen LogP contribution in [0, 0.1) is 29.1 Å². The Labute approximate surface area is 307 Å². The van der Waals surface area contributed by atoms with Crippen molar-refractivity contribution in [3.8, 4) is 0 Å². The molecule has 6 rings (SSSR count). The van der Waals surface area contributed by atoms with Gasteiger partial charge < -0.3 is 26.2 Å². The van der Waals surface area contributed by atoms with Gasteiger partial charge in [-0.3, -0.25) is 33.8 Å². The van der Waals surface area contributed by atoms with Crippen molar-refractivity contribution in [1.29, 1.82) is 0 Å². The number of fused-ring (bicyclic) bond motifs is 1. The number of hydrogen-bond donors (Lipinski definition) is 4. The second-order valence-corrected chi connectivity index (χ2v) is 16.5. The molecular formula is C39H57N7O6. The summed E-state index contributed by atoms with van der Waals surface area (Å²) in [4.78, 5) is 92.8. The number of hydrogen-bond acceptors (Lipinski definition) is 8. The first kappa shape index (κ1) is 37.8. The second kappa shape index (κ2) is 16.4. The van der Waals surface area contributed by atoms with Crippen LogP contribution in [0.25, 0.3) is 0 Å². The number of nitrogens with zero attached hydrogens (tertiary/aromatic N) is 3. The second-order valence-electron chi connectivity index (χ2n) is 16.5. The molecule has 13 nitrogen and oxygen atoms in total. The molecule has 5 fully saturated rings. The maximum Gasteiger partial charge on any atom is 0.289 e. The summed E-state index contributed by atoms with van der Waals surface area (Å²) in [6.07, 6.45) is 16.8. The van der Waals surface area contributed by atoms with Crippen molar-refractivity contribution in [3.05, 3.63) is 24.3 Å². The highest BCUT2D eigenvalue weighted by Gasteiger charge is 2.54. The molecule has 284 valence electrons. The number of ketones is 1. The minimum absolute atomic E-state index is 0.0724. The summed E-state index contributed by atoms with van der Waals surface area (Å²) in [5, 5.41) is 11.8. The lowest BCUT2D eigenvalue weighted by molar-refractivity contribution is -0.148. The molecule has 1 saturated heterocycles. The predicted molar refractivity (Wildman–Crippen MR) is 192 cm³/mol. The van der Waals surface area contributed by atoms with Gasteiger partial charge in [-0.25, -0.2) is 4.98 Å². The van der Waals surface area contributed by atoms with Gasteiger partial charge in [-0.2, -0.15) is 0 Å². The fraction of sp³-hybridized carbons (Fsp3) is 0.744. The third-order valence-electron chi connectivity index (χ3n) is 12.8. The molecule has 5 amide bonds. The van der Waals surface area contributed by atoms with Gasteiger partial charge in [-0.15, -0.1) is 0 Å². The number of likely N-dealkylation sites (tertiary alicyclic amines) is 1. The Morgan fingerprint density at radius 3 is 2.25 bits per heavy atom. The largest absolute Gasteiger partial charge is 0.347 e. The molecule has 0 bridgehead atoms.